The number of nitrogens with zero attached hydrogens (tertiary/aromatic N) is 9. The molecule has 212 valence electrons. The van der Waals surface area contributed by atoms with Crippen LogP contribution in [0.2, 0.25) is 0 Å². The van der Waals surface area contributed by atoms with Gasteiger partial charge in [-0.25, -0.2) is 14.6 Å². The molecule has 0 radical (unpaired) electrons. The molecule has 0 spiro atoms. The van der Waals surface area contributed by atoms with Gasteiger partial charge >= 0.3 is 0 Å². The van der Waals surface area contributed by atoms with Crippen molar-refractivity contribution in [3.8, 4) is 17.7 Å². The van der Waals surface area contributed by atoms with E-state index in [9.17, 15) is 5.26 Å². The van der Waals surface area contributed by atoms with E-state index in [4.69, 9.17) is 14.5 Å². The fraction of sp³-hybridized carbons (Fsp3) is 0.333. The Labute approximate surface area is 242 Å². The zero-order valence-corrected chi connectivity index (χ0v) is 23.4. The fourth-order valence-corrected chi connectivity index (χ4v) is 5.53. The normalized spacial score (nSPS) is 17.4. The summed E-state index contributed by atoms with van der Waals surface area (Å²) in [6.45, 7) is 5.25. The Morgan fingerprint density at radius 2 is 2.02 bits per heavy atom. The molecule has 1 aromatic carbocycles. The van der Waals surface area contributed by atoms with Crippen molar-refractivity contribution >= 4 is 22.5 Å². The largest absolute Gasteiger partial charge is 0.379 e. The molecule has 12 nitrogen and oxygen atoms in total. The molecule has 1 N–H and O–H groups in total. The number of likely N-dealkylation sites (tertiary alicyclic amines) is 1. The zero-order valence-electron chi connectivity index (χ0n) is 23.4. The Kier molecular flexibility index (Phi) is 6.83. The zero-order chi connectivity index (χ0) is 28.6. The average Bonchev–Trinajstić information content (AvgIpc) is 3.75. The number of hydrogen-bond acceptors (Lipinski definition) is 10. The molecule has 0 bridgehead atoms. The van der Waals surface area contributed by atoms with Crippen LogP contribution in [0.15, 0.2) is 54.9 Å². The summed E-state index contributed by atoms with van der Waals surface area (Å²) in [5, 5.41) is 26.0. The number of methoxy groups -OCH3 is 1. The number of imidazole rings is 1. The van der Waals surface area contributed by atoms with Crippen molar-refractivity contribution in [3.05, 3.63) is 77.5 Å². The van der Waals surface area contributed by atoms with Gasteiger partial charge in [0.15, 0.2) is 17.3 Å². The molecule has 7 rings (SSSR count). The van der Waals surface area contributed by atoms with Crippen molar-refractivity contribution in [3.63, 3.8) is 0 Å². The van der Waals surface area contributed by atoms with Gasteiger partial charge in [0.1, 0.15) is 18.2 Å². The summed E-state index contributed by atoms with van der Waals surface area (Å²) in [5.41, 5.74) is 5.64. The topological polar surface area (TPSA) is 132 Å². The molecule has 1 unspecified atom stereocenters. The molecule has 4 aromatic heterocycles. The SMILES string of the molecule is COC1CN(Cc2ccc(Nc3ccc4c(c3)ncn4-c3ccc(C4CCCO4)c(-n4nc(C#N)cc4C)n3)nn2)C1. The Morgan fingerprint density at radius 3 is 2.76 bits per heavy atom. The number of aryl methyl sites for hydroxylation is 1. The van der Waals surface area contributed by atoms with Crippen molar-refractivity contribution in [2.45, 2.75) is 38.5 Å². The van der Waals surface area contributed by atoms with Gasteiger partial charge in [-0.15, -0.1) is 5.10 Å². The number of hydrogen-bond donors (Lipinski definition) is 1. The maximum Gasteiger partial charge on any atom is 0.163 e. The number of fused-ring (bicyclic) bond motifs is 1. The number of nitriles is 1. The Bertz CT molecular complexity index is 1780. The van der Waals surface area contributed by atoms with Gasteiger partial charge in [0.2, 0.25) is 0 Å². The highest BCUT2D eigenvalue weighted by Gasteiger charge is 2.27. The predicted octanol–water partition coefficient (Wildman–Crippen LogP) is 4.00. The maximum absolute atomic E-state index is 9.41. The standard InChI is InChI=1S/C30H30N10O2/c1-19-12-22(14-31)37-40(19)30-24(27-4-3-11-42-27)7-10-29(34-30)39-18-32-25-13-20(5-8-26(25)39)33-28-9-6-21(35-36-28)15-38-16-23(17-38)41-2/h5-10,12-13,18,23,27H,3-4,11,15-17H2,1-2H3,(H,33,36). The van der Waals surface area contributed by atoms with Crippen molar-refractivity contribution in [1.29, 1.82) is 5.26 Å². The van der Waals surface area contributed by atoms with Crippen molar-refractivity contribution in [2.24, 2.45) is 0 Å². The van der Waals surface area contributed by atoms with Crippen LogP contribution in [-0.4, -0.2) is 72.3 Å². The molecule has 1 atom stereocenters. The number of ether oxygens (including phenoxy) is 2. The van der Waals surface area contributed by atoms with Crippen LogP contribution in [0.5, 0.6) is 0 Å². The van der Waals surface area contributed by atoms with Crippen molar-refractivity contribution in [2.75, 3.05) is 32.1 Å². The van der Waals surface area contributed by atoms with Gasteiger partial charge < -0.3 is 14.8 Å². The summed E-state index contributed by atoms with van der Waals surface area (Å²) in [6.07, 6.45) is 3.95. The molecule has 0 saturated carbocycles. The Morgan fingerprint density at radius 1 is 1.12 bits per heavy atom. The summed E-state index contributed by atoms with van der Waals surface area (Å²) < 4.78 is 15.0. The minimum Gasteiger partial charge on any atom is -0.379 e. The number of benzene rings is 1. The van der Waals surface area contributed by atoms with Gasteiger partial charge in [0, 0.05) is 50.3 Å². The van der Waals surface area contributed by atoms with Crippen LogP contribution in [0, 0.1) is 18.3 Å². The van der Waals surface area contributed by atoms with Gasteiger partial charge in [-0.2, -0.15) is 15.5 Å². The first-order chi connectivity index (χ1) is 20.6. The van der Waals surface area contributed by atoms with E-state index in [0.717, 1.165) is 72.8 Å². The van der Waals surface area contributed by atoms with Gasteiger partial charge in [-0.3, -0.25) is 9.47 Å². The lowest BCUT2D eigenvalue weighted by molar-refractivity contribution is -0.0340. The van der Waals surface area contributed by atoms with E-state index in [-0.39, 0.29) is 6.10 Å². The number of aromatic nitrogens is 7. The summed E-state index contributed by atoms with van der Waals surface area (Å²) >= 11 is 0. The molecule has 42 heavy (non-hydrogen) atoms. The van der Waals surface area contributed by atoms with E-state index in [1.54, 1.807) is 24.2 Å². The van der Waals surface area contributed by atoms with E-state index in [1.807, 2.05) is 54.0 Å². The molecule has 6 heterocycles. The van der Waals surface area contributed by atoms with Crippen LogP contribution in [0.4, 0.5) is 11.5 Å². The molecule has 12 heteroatoms. The summed E-state index contributed by atoms with van der Waals surface area (Å²) in [4.78, 5) is 11.9. The molecule has 0 amide bonds. The van der Waals surface area contributed by atoms with Crippen molar-refractivity contribution in [1.82, 2.24) is 39.4 Å². The molecule has 2 aliphatic heterocycles. The third-order valence-corrected chi connectivity index (χ3v) is 7.80. The van der Waals surface area contributed by atoms with Crippen LogP contribution in [0.25, 0.3) is 22.7 Å². The van der Waals surface area contributed by atoms with Crippen LogP contribution < -0.4 is 5.32 Å². The summed E-state index contributed by atoms with van der Waals surface area (Å²) in [7, 11) is 1.75. The second kappa shape index (κ2) is 10.9. The molecular formula is C30H30N10O2. The van der Waals surface area contributed by atoms with Crippen molar-refractivity contribution < 1.29 is 9.47 Å². The minimum absolute atomic E-state index is 0.0558. The van der Waals surface area contributed by atoms with Crippen LogP contribution in [0.3, 0.4) is 0 Å². The number of nitrogens with one attached hydrogen (secondary N) is 1. The van der Waals surface area contributed by atoms with E-state index in [1.165, 1.54) is 0 Å². The quantitative estimate of drug-likeness (QED) is 0.296. The highest BCUT2D eigenvalue weighted by Crippen LogP contribution is 2.33. The first kappa shape index (κ1) is 26.2. The smallest absolute Gasteiger partial charge is 0.163 e. The minimum atomic E-state index is -0.0558. The maximum atomic E-state index is 9.41. The Hall–Kier alpha value is -4.70. The van der Waals surface area contributed by atoms with E-state index in [0.29, 0.717) is 29.3 Å². The molecule has 2 fully saturated rings. The third-order valence-electron chi connectivity index (χ3n) is 7.80. The number of rotatable bonds is 8. The van der Waals surface area contributed by atoms with Crippen LogP contribution in [0.1, 0.15) is 41.6 Å². The molecular weight excluding hydrogens is 532 g/mol. The molecule has 2 saturated heterocycles. The lowest BCUT2D eigenvalue weighted by atomic mass is 10.1. The van der Waals surface area contributed by atoms with Crippen LogP contribution >= 0.6 is 0 Å². The van der Waals surface area contributed by atoms with E-state index < -0.39 is 0 Å². The number of pyridine rings is 1. The van der Waals surface area contributed by atoms with Gasteiger partial charge in [0.25, 0.3) is 0 Å². The van der Waals surface area contributed by atoms with Gasteiger partial charge in [-0.1, -0.05) is 0 Å². The third kappa shape index (κ3) is 4.98. The van der Waals surface area contributed by atoms with E-state index >= 15 is 0 Å². The fourth-order valence-electron chi connectivity index (χ4n) is 5.53. The highest BCUT2D eigenvalue weighted by molar-refractivity contribution is 5.82. The average molecular weight is 563 g/mol. The molecule has 2 aliphatic rings. The Balaban J connectivity index is 1.14. The number of anilines is 2. The first-order valence-corrected chi connectivity index (χ1v) is 14.0. The molecule has 0 aliphatic carbocycles. The first-order valence-electron chi connectivity index (χ1n) is 14.0. The second-order valence-corrected chi connectivity index (χ2v) is 10.7. The predicted molar refractivity (Wildman–Crippen MR) is 155 cm³/mol. The van der Waals surface area contributed by atoms with Gasteiger partial charge in [-0.05, 0) is 68.3 Å². The van der Waals surface area contributed by atoms with E-state index in [2.05, 4.69) is 36.6 Å². The molecule has 5 aromatic rings. The van der Waals surface area contributed by atoms with Crippen LogP contribution in [-0.2, 0) is 16.0 Å². The lowest BCUT2D eigenvalue weighted by Crippen LogP contribution is -2.51. The van der Waals surface area contributed by atoms with Gasteiger partial charge in [0.05, 0.1) is 28.9 Å². The second-order valence-electron chi connectivity index (χ2n) is 10.7. The summed E-state index contributed by atoms with van der Waals surface area (Å²) in [5.74, 6) is 2.02. The monoisotopic (exact) mass is 562 g/mol. The highest BCUT2D eigenvalue weighted by atomic mass is 16.5. The lowest BCUT2D eigenvalue weighted by Gasteiger charge is -2.37. The summed E-state index contributed by atoms with van der Waals surface area (Å²) in [6, 6.07) is 17.8.